The number of carbonyl (C=O) groups is 1. The van der Waals surface area contributed by atoms with Crippen molar-refractivity contribution in [1.29, 1.82) is 0 Å². The molecular weight excluding hydrogens is 280 g/mol. The Balaban J connectivity index is 2.29. The molecule has 2 heterocycles. The van der Waals surface area contributed by atoms with Gasteiger partial charge in [0.05, 0.1) is 5.56 Å². The molecule has 0 radical (unpaired) electrons. The molecule has 1 saturated heterocycles. The van der Waals surface area contributed by atoms with Crippen LogP contribution in [-0.2, 0) is 0 Å². The lowest BCUT2D eigenvalue weighted by Gasteiger charge is -2.36. The first-order valence-corrected chi connectivity index (χ1v) is 6.75. The van der Waals surface area contributed by atoms with Crippen LogP contribution in [0.2, 0.25) is 0 Å². The summed E-state index contributed by atoms with van der Waals surface area (Å²) in [7, 11) is 0. The molecule has 0 spiro atoms. The van der Waals surface area contributed by atoms with E-state index < -0.39 is 0 Å². The molecule has 0 bridgehead atoms. The van der Waals surface area contributed by atoms with Crippen LogP contribution in [0.1, 0.15) is 30.6 Å². The summed E-state index contributed by atoms with van der Waals surface area (Å²) < 4.78 is 0.849. The molecule has 2 rings (SSSR count). The Morgan fingerprint density at radius 3 is 2.65 bits per heavy atom. The van der Waals surface area contributed by atoms with Crippen LogP contribution in [0.15, 0.2) is 16.7 Å². The van der Waals surface area contributed by atoms with E-state index in [2.05, 4.69) is 39.7 Å². The summed E-state index contributed by atoms with van der Waals surface area (Å²) in [6, 6.07) is 1.83. The van der Waals surface area contributed by atoms with E-state index in [0.29, 0.717) is 17.4 Å². The number of nitrogens with zero attached hydrogens (tertiary/aromatic N) is 2. The highest BCUT2D eigenvalue weighted by molar-refractivity contribution is 9.10. The summed E-state index contributed by atoms with van der Waals surface area (Å²) >= 11 is 3.34. The lowest BCUT2D eigenvalue weighted by molar-refractivity contribution is 0.112. The van der Waals surface area contributed by atoms with E-state index in [4.69, 9.17) is 0 Å². The van der Waals surface area contributed by atoms with E-state index in [1.807, 2.05) is 6.07 Å². The van der Waals surface area contributed by atoms with Gasteiger partial charge in [0.15, 0.2) is 6.29 Å². The zero-order chi connectivity index (χ0) is 12.4. The second kappa shape index (κ2) is 5.17. The molecule has 0 aliphatic carbocycles. The van der Waals surface area contributed by atoms with Crippen LogP contribution in [0.25, 0.3) is 0 Å². The van der Waals surface area contributed by atoms with E-state index in [1.165, 1.54) is 6.42 Å². The molecule has 17 heavy (non-hydrogen) atoms. The van der Waals surface area contributed by atoms with Crippen molar-refractivity contribution >= 4 is 28.0 Å². The van der Waals surface area contributed by atoms with Crippen molar-refractivity contribution in [3.05, 3.63) is 22.3 Å². The molecule has 92 valence electrons. The molecule has 3 nitrogen and oxygen atoms in total. The highest BCUT2D eigenvalue weighted by Gasteiger charge is 2.24. The van der Waals surface area contributed by atoms with Crippen molar-refractivity contribution < 1.29 is 4.79 Å². The van der Waals surface area contributed by atoms with Crippen molar-refractivity contribution in [1.82, 2.24) is 4.98 Å². The normalized spacial score (nSPS) is 24.8. The summed E-state index contributed by atoms with van der Waals surface area (Å²) in [5, 5.41) is 0. The molecule has 1 aromatic rings. The van der Waals surface area contributed by atoms with E-state index in [9.17, 15) is 4.79 Å². The van der Waals surface area contributed by atoms with E-state index in [1.54, 1.807) is 6.20 Å². The molecule has 1 aliphatic heterocycles. The SMILES string of the molecule is C[C@@H]1C[C@H](C)CN(c2ncc(Br)cc2C=O)C1. The minimum atomic E-state index is 0.656. The van der Waals surface area contributed by atoms with Crippen molar-refractivity contribution in [2.45, 2.75) is 20.3 Å². The Labute approximate surface area is 110 Å². The quantitative estimate of drug-likeness (QED) is 0.786. The van der Waals surface area contributed by atoms with Crippen molar-refractivity contribution in [2.75, 3.05) is 18.0 Å². The Morgan fingerprint density at radius 1 is 1.41 bits per heavy atom. The number of aromatic nitrogens is 1. The second-order valence-corrected chi connectivity index (χ2v) is 5.95. The minimum absolute atomic E-state index is 0.656. The van der Waals surface area contributed by atoms with Crippen LogP contribution in [0.5, 0.6) is 0 Å². The third-order valence-corrected chi connectivity index (χ3v) is 3.59. The third-order valence-electron chi connectivity index (χ3n) is 3.16. The maximum atomic E-state index is 11.1. The van der Waals surface area contributed by atoms with Crippen LogP contribution < -0.4 is 4.90 Å². The Bertz CT molecular complexity index is 412. The van der Waals surface area contributed by atoms with Gasteiger partial charge in [-0.2, -0.15) is 0 Å². The van der Waals surface area contributed by atoms with Crippen molar-refractivity contribution in [3.8, 4) is 0 Å². The van der Waals surface area contributed by atoms with Gasteiger partial charge < -0.3 is 4.90 Å². The highest BCUT2D eigenvalue weighted by atomic mass is 79.9. The predicted octanol–water partition coefficient (Wildman–Crippen LogP) is 3.14. The Hall–Kier alpha value is -0.900. The van der Waals surface area contributed by atoms with Gasteiger partial charge in [0.1, 0.15) is 5.82 Å². The molecule has 1 aliphatic rings. The fraction of sp³-hybridized carbons (Fsp3) is 0.538. The first-order valence-electron chi connectivity index (χ1n) is 5.95. The number of hydrogen-bond donors (Lipinski definition) is 0. The van der Waals surface area contributed by atoms with E-state index in [-0.39, 0.29) is 0 Å². The summed E-state index contributed by atoms with van der Waals surface area (Å²) in [5.41, 5.74) is 0.667. The van der Waals surface area contributed by atoms with Crippen molar-refractivity contribution in [2.24, 2.45) is 11.8 Å². The smallest absolute Gasteiger partial charge is 0.153 e. The van der Waals surface area contributed by atoms with Crippen LogP contribution in [0.4, 0.5) is 5.82 Å². The van der Waals surface area contributed by atoms with E-state index in [0.717, 1.165) is 29.7 Å². The Kier molecular flexibility index (Phi) is 3.82. The maximum Gasteiger partial charge on any atom is 0.153 e. The average molecular weight is 297 g/mol. The minimum Gasteiger partial charge on any atom is -0.355 e. The van der Waals surface area contributed by atoms with Crippen molar-refractivity contribution in [3.63, 3.8) is 0 Å². The van der Waals surface area contributed by atoms with Gasteiger partial charge in [0.2, 0.25) is 0 Å². The van der Waals surface area contributed by atoms with Crippen LogP contribution in [-0.4, -0.2) is 24.4 Å². The summed E-state index contributed by atoms with van der Waals surface area (Å²) in [4.78, 5) is 17.7. The summed E-state index contributed by atoms with van der Waals surface area (Å²) in [6.07, 6.45) is 3.90. The zero-order valence-electron chi connectivity index (χ0n) is 10.2. The first-order chi connectivity index (χ1) is 8.10. The Morgan fingerprint density at radius 2 is 2.06 bits per heavy atom. The van der Waals surface area contributed by atoms with Gasteiger partial charge in [-0.05, 0) is 40.3 Å². The number of anilines is 1. The molecule has 0 aromatic carbocycles. The van der Waals surface area contributed by atoms with Crippen LogP contribution in [0.3, 0.4) is 0 Å². The van der Waals surface area contributed by atoms with Crippen LogP contribution in [0, 0.1) is 11.8 Å². The molecule has 1 aromatic heterocycles. The van der Waals surface area contributed by atoms with Gasteiger partial charge in [-0.3, -0.25) is 4.79 Å². The fourth-order valence-corrected chi connectivity index (χ4v) is 2.98. The zero-order valence-corrected chi connectivity index (χ0v) is 11.8. The van der Waals surface area contributed by atoms with Gasteiger partial charge in [-0.15, -0.1) is 0 Å². The largest absolute Gasteiger partial charge is 0.355 e. The number of rotatable bonds is 2. The molecule has 0 unspecified atom stereocenters. The molecular formula is C13H17BrN2O. The molecule has 0 N–H and O–H groups in total. The second-order valence-electron chi connectivity index (χ2n) is 5.04. The highest BCUT2D eigenvalue weighted by Crippen LogP contribution is 2.27. The van der Waals surface area contributed by atoms with Gasteiger partial charge in [-0.1, -0.05) is 13.8 Å². The van der Waals surface area contributed by atoms with Gasteiger partial charge in [0.25, 0.3) is 0 Å². The monoisotopic (exact) mass is 296 g/mol. The number of carbonyl (C=O) groups excluding carboxylic acids is 1. The number of halogens is 1. The maximum absolute atomic E-state index is 11.1. The van der Waals surface area contributed by atoms with Gasteiger partial charge in [0, 0.05) is 23.8 Å². The summed E-state index contributed by atoms with van der Waals surface area (Å²) in [6.45, 7) is 6.48. The standard InChI is InChI=1S/C13H17BrN2O/c1-9-3-10(2)7-16(6-9)13-11(8-17)4-12(14)5-15-13/h4-5,8-10H,3,6-7H2,1-2H3/t9-,10+. The fourth-order valence-electron chi connectivity index (χ4n) is 2.63. The molecule has 0 amide bonds. The van der Waals surface area contributed by atoms with Gasteiger partial charge in [-0.25, -0.2) is 4.98 Å². The average Bonchev–Trinajstić information content (AvgIpc) is 2.27. The first kappa shape index (κ1) is 12.6. The predicted molar refractivity (Wildman–Crippen MR) is 72.5 cm³/mol. The molecule has 4 heteroatoms. The molecule has 0 saturated carbocycles. The summed E-state index contributed by atoms with van der Waals surface area (Å²) in [5.74, 6) is 2.13. The number of piperidine rings is 1. The molecule has 2 atom stereocenters. The molecule has 1 fully saturated rings. The number of aldehydes is 1. The lowest BCUT2D eigenvalue weighted by Crippen LogP contribution is -2.39. The van der Waals surface area contributed by atoms with Gasteiger partial charge >= 0.3 is 0 Å². The lowest BCUT2D eigenvalue weighted by atomic mass is 9.92. The number of hydrogen-bond acceptors (Lipinski definition) is 3. The van der Waals surface area contributed by atoms with Crippen LogP contribution >= 0.6 is 15.9 Å². The third kappa shape index (κ3) is 2.86. The topological polar surface area (TPSA) is 33.2 Å². The number of pyridine rings is 1. The van der Waals surface area contributed by atoms with E-state index >= 15 is 0 Å².